The maximum absolute atomic E-state index is 12.7. The van der Waals surface area contributed by atoms with Gasteiger partial charge in [0, 0.05) is 16.1 Å². The fraction of sp³-hybridized carbons (Fsp3) is 0.200. The molecular weight excluding hydrogens is 398 g/mol. The van der Waals surface area contributed by atoms with Gasteiger partial charge in [-0.1, -0.05) is 29.8 Å². The van der Waals surface area contributed by atoms with Crippen LogP contribution in [0.15, 0.2) is 53.3 Å². The highest BCUT2D eigenvalue weighted by Gasteiger charge is 2.23. The SMILES string of the molecule is C[C@@H](OC(=O)c1nn(CCO)c(=O)c2ccccc12)C(=O)Nc1ccc(Cl)cc1. The molecule has 0 spiro atoms. The lowest BCUT2D eigenvalue weighted by Crippen LogP contribution is -2.32. The van der Waals surface area contributed by atoms with Gasteiger partial charge < -0.3 is 15.2 Å². The molecule has 0 saturated heterocycles. The van der Waals surface area contributed by atoms with Crippen LogP contribution in [-0.2, 0) is 16.1 Å². The summed E-state index contributed by atoms with van der Waals surface area (Å²) in [7, 11) is 0. The first-order valence-electron chi connectivity index (χ1n) is 8.79. The van der Waals surface area contributed by atoms with Crippen molar-refractivity contribution in [1.29, 1.82) is 0 Å². The molecule has 3 rings (SSSR count). The van der Waals surface area contributed by atoms with Crippen molar-refractivity contribution in [3.8, 4) is 0 Å². The predicted molar refractivity (Wildman–Crippen MR) is 108 cm³/mol. The second-order valence-corrected chi connectivity index (χ2v) is 6.63. The Hall–Kier alpha value is -3.23. The second kappa shape index (κ2) is 8.85. The molecule has 9 heteroatoms. The van der Waals surface area contributed by atoms with E-state index in [1.54, 1.807) is 48.5 Å². The number of amides is 1. The van der Waals surface area contributed by atoms with Crippen LogP contribution in [0.3, 0.4) is 0 Å². The first-order valence-corrected chi connectivity index (χ1v) is 9.16. The van der Waals surface area contributed by atoms with E-state index >= 15 is 0 Å². The Kier molecular flexibility index (Phi) is 6.26. The van der Waals surface area contributed by atoms with E-state index in [0.29, 0.717) is 16.1 Å². The molecule has 0 aliphatic carbocycles. The quantitative estimate of drug-likeness (QED) is 0.597. The van der Waals surface area contributed by atoms with Gasteiger partial charge in [-0.2, -0.15) is 5.10 Å². The van der Waals surface area contributed by atoms with Gasteiger partial charge in [0.05, 0.1) is 18.5 Å². The first kappa shape index (κ1) is 20.5. The van der Waals surface area contributed by atoms with Crippen LogP contribution in [0.5, 0.6) is 0 Å². The third-order valence-corrected chi connectivity index (χ3v) is 4.39. The molecule has 1 aromatic heterocycles. The Labute approximate surface area is 170 Å². The largest absolute Gasteiger partial charge is 0.448 e. The Morgan fingerprint density at radius 1 is 1.17 bits per heavy atom. The van der Waals surface area contributed by atoms with E-state index in [0.717, 1.165) is 4.68 Å². The van der Waals surface area contributed by atoms with Crippen LogP contribution >= 0.6 is 11.6 Å². The standard InChI is InChI=1S/C20H18ClN3O5/c1-12(18(26)22-14-8-6-13(21)7-9-14)29-20(28)17-15-4-2-3-5-16(15)19(27)24(23-17)10-11-25/h2-9,12,25H,10-11H2,1H3,(H,22,26)/t12-/m1/s1. The number of rotatable bonds is 6. The molecule has 2 N–H and O–H groups in total. The van der Waals surface area contributed by atoms with Crippen LogP contribution < -0.4 is 10.9 Å². The van der Waals surface area contributed by atoms with Gasteiger partial charge in [-0.15, -0.1) is 0 Å². The van der Waals surface area contributed by atoms with Crippen molar-refractivity contribution in [2.24, 2.45) is 0 Å². The predicted octanol–water partition coefficient (Wildman–Crippen LogP) is 2.23. The van der Waals surface area contributed by atoms with Crippen LogP contribution in [0, 0.1) is 0 Å². The summed E-state index contributed by atoms with van der Waals surface area (Å²) in [4.78, 5) is 37.4. The van der Waals surface area contributed by atoms with E-state index < -0.39 is 23.5 Å². The number of carbonyl (C=O) groups excluding carboxylic acids is 2. The van der Waals surface area contributed by atoms with E-state index in [1.165, 1.54) is 6.92 Å². The molecular formula is C20H18ClN3O5. The molecule has 3 aromatic rings. The number of anilines is 1. The Morgan fingerprint density at radius 3 is 2.48 bits per heavy atom. The maximum Gasteiger partial charge on any atom is 0.360 e. The number of esters is 1. The molecule has 0 unspecified atom stereocenters. The number of ether oxygens (including phenoxy) is 1. The molecule has 0 aliphatic rings. The number of aliphatic hydroxyl groups is 1. The average Bonchev–Trinajstić information content (AvgIpc) is 2.71. The molecule has 150 valence electrons. The summed E-state index contributed by atoms with van der Waals surface area (Å²) in [6.07, 6.45) is -1.11. The van der Waals surface area contributed by atoms with Gasteiger partial charge in [-0.3, -0.25) is 9.59 Å². The van der Waals surface area contributed by atoms with Crippen LogP contribution in [0.1, 0.15) is 17.4 Å². The first-order chi connectivity index (χ1) is 13.9. The zero-order valence-corrected chi connectivity index (χ0v) is 16.2. The second-order valence-electron chi connectivity index (χ2n) is 6.19. The molecule has 0 aliphatic heterocycles. The van der Waals surface area contributed by atoms with Crippen molar-refractivity contribution in [3.63, 3.8) is 0 Å². The van der Waals surface area contributed by atoms with Crippen LogP contribution in [0.4, 0.5) is 5.69 Å². The number of aromatic nitrogens is 2. The van der Waals surface area contributed by atoms with Crippen molar-refractivity contribution in [2.75, 3.05) is 11.9 Å². The number of benzene rings is 2. The number of carbonyl (C=O) groups is 2. The molecule has 8 nitrogen and oxygen atoms in total. The number of hydrogen-bond donors (Lipinski definition) is 2. The van der Waals surface area contributed by atoms with E-state index in [2.05, 4.69) is 10.4 Å². The van der Waals surface area contributed by atoms with E-state index in [4.69, 9.17) is 21.4 Å². The fourth-order valence-corrected chi connectivity index (χ4v) is 2.81. The third-order valence-electron chi connectivity index (χ3n) is 4.14. The number of aliphatic hydroxyl groups excluding tert-OH is 1. The van der Waals surface area contributed by atoms with E-state index in [1.807, 2.05) is 0 Å². The zero-order valence-electron chi connectivity index (χ0n) is 15.5. The minimum atomic E-state index is -1.11. The monoisotopic (exact) mass is 415 g/mol. The maximum atomic E-state index is 12.7. The number of fused-ring (bicyclic) bond motifs is 1. The molecule has 1 heterocycles. The van der Waals surface area contributed by atoms with Gasteiger partial charge in [-0.05, 0) is 37.3 Å². The summed E-state index contributed by atoms with van der Waals surface area (Å²) < 4.78 is 6.26. The molecule has 1 atom stereocenters. The van der Waals surface area contributed by atoms with Crippen molar-refractivity contribution < 1.29 is 19.4 Å². The molecule has 2 aromatic carbocycles. The number of nitrogens with one attached hydrogen (secondary N) is 1. The molecule has 0 bridgehead atoms. The summed E-state index contributed by atoms with van der Waals surface area (Å²) in [5.41, 5.74) is -0.0399. The zero-order chi connectivity index (χ0) is 21.0. The Morgan fingerprint density at radius 2 is 1.83 bits per heavy atom. The van der Waals surface area contributed by atoms with Gasteiger partial charge in [0.1, 0.15) is 0 Å². The minimum Gasteiger partial charge on any atom is -0.448 e. The molecule has 1 amide bonds. The van der Waals surface area contributed by atoms with E-state index in [-0.39, 0.29) is 24.2 Å². The summed E-state index contributed by atoms with van der Waals surface area (Å²) in [5, 5.41) is 16.9. The van der Waals surface area contributed by atoms with Crippen molar-refractivity contribution in [3.05, 3.63) is 69.6 Å². The van der Waals surface area contributed by atoms with Crippen molar-refractivity contribution in [1.82, 2.24) is 9.78 Å². The highest BCUT2D eigenvalue weighted by Crippen LogP contribution is 2.16. The molecule has 29 heavy (non-hydrogen) atoms. The van der Waals surface area contributed by atoms with Gasteiger partial charge in [0.2, 0.25) is 0 Å². The molecule has 0 saturated carbocycles. The van der Waals surface area contributed by atoms with Gasteiger partial charge in [0.25, 0.3) is 11.5 Å². The highest BCUT2D eigenvalue weighted by atomic mass is 35.5. The van der Waals surface area contributed by atoms with Crippen molar-refractivity contribution >= 4 is 39.9 Å². The van der Waals surface area contributed by atoms with Gasteiger partial charge >= 0.3 is 5.97 Å². The summed E-state index contributed by atoms with van der Waals surface area (Å²) in [6, 6.07) is 12.9. The number of halogens is 1. The molecule has 0 radical (unpaired) electrons. The summed E-state index contributed by atoms with van der Waals surface area (Å²) >= 11 is 5.81. The van der Waals surface area contributed by atoms with Gasteiger partial charge in [-0.25, -0.2) is 9.48 Å². The van der Waals surface area contributed by atoms with Crippen molar-refractivity contribution in [2.45, 2.75) is 19.6 Å². The Bertz CT molecular complexity index is 1110. The lowest BCUT2D eigenvalue weighted by Gasteiger charge is -2.15. The van der Waals surface area contributed by atoms with Crippen LogP contribution in [0.25, 0.3) is 10.8 Å². The normalized spacial score (nSPS) is 11.8. The van der Waals surface area contributed by atoms with Crippen LogP contribution in [-0.4, -0.2) is 39.5 Å². The minimum absolute atomic E-state index is 0.0729. The Balaban J connectivity index is 1.83. The average molecular weight is 416 g/mol. The highest BCUT2D eigenvalue weighted by molar-refractivity contribution is 6.30. The van der Waals surface area contributed by atoms with Gasteiger partial charge in [0.15, 0.2) is 11.8 Å². The number of hydrogen-bond acceptors (Lipinski definition) is 6. The summed E-state index contributed by atoms with van der Waals surface area (Å²) in [5.74, 6) is -1.39. The topological polar surface area (TPSA) is 111 Å². The number of nitrogens with zero attached hydrogens (tertiary/aromatic N) is 2. The lowest BCUT2D eigenvalue weighted by molar-refractivity contribution is -0.123. The third kappa shape index (κ3) is 4.61. The van der Waals surface area contributed by atoms with E-state index in [9.17, 15) is 14.4 Å². The lowest BCUT2D eigenvalue weighted by atomic mass is 10.1. The van der Waals surface area contributed by atoms with Crippen LogP contribution in [0.2, 0.25) is 5.02 Å². The smallest absolute Gasteiger partial charge is 0.360 e. The summed E-state index contributed by atoms with van der Waals surface area (Å²) in [6.45, 7) is 1.03. The fourth-order valence-electron chi connectivity index (χ4n) is 2.68. The molecule has 0 fully saturated rings.